The van der Waals surface area contributed by atoms with E-state index in [0.29, 0.717) is 18.8 Å². The molecule has 2 fully saturated rings. The van der Waals surface area contributed by atoms with Crippen molar-refractivity contribution in [3.63, 3.8) is 0 Å². The second-order valence-electron chi connectivity index (χ2n) is 5.60. The monoisotopic (exact) mass is 310 g/mol. The van der Waals surface area contributed by atoms with Gasteiger partial charge in [0.05, 0.1) is 24.4 Å². The summed E-state index contributed by atoms with van der Waals surface area (Å²) in [6, 6.07) is 4.93. The predicted molar refractivity (Wildman–Crippen MR) is 77.5 cm³/mol. The fourth-order valence-electron chi connectivity index (χ4n) is 2.92. The molecule has 6 nitrogen and oxygen atoms in total. The molecule has 21 heavy (non-hydrogen) atoms. The summed E-state index contributed by atoms with van der Waals surface area (Å²) in [7, 11) is -3.63. The number of ether oxygens (including phenoxy) is 1. The van der Waals surface area contributed by atoms with E-state index in [9.17, 15) is 13.2 Å². The average molecular weight is 310 g/mol. The van der Waals surface area contributed by atoms with Crippen LogP contribution >= 0.6 is 0 Å². The van der Waals surface area contributed by atoms with Gasteiger partial charge in [-0.25, -0.2) is 8.42 Å². The van der Waals surface area contributed by atoms with Crippen molar-refractivity contribution >= 4 is 21.6 Å². The Morgan fingerprint density at radius 2 is 2.19 bits per heavy atom. The number of fused-ring (bicyclic) bond motifs is 2. The average Bonchev–Trinajstić information content (AvgIpc) is 3.03. The van der Waals surface area contributed by atoms with E-state index in [2.05, 4.69) is 5.32 Å². The number of aryl methyl sites for hydroxylation is 1. The van der Waals surface area contributed by atoms with Gasteiger partial charge in [-0.2, -0.15) is 4.31 Å². The molecule has 1 amide bonds. The van der Waals surface area contributed by atoms with Crippen molar-refractivity contribution in [3.05, 3.63) is 23.8 Å². The third kappa shape index (κ3) is 2.56. The summed E-state index contributed by atoms with van der Waals surface area (Å²) in [6.07, 6.45) is 0.749. The van der Waals surface area contributed by atoms with E-state index >= 15 is 0 Å². The first-order chi connectivity index (χ1) is 9.88. The molecule has 0 saturated carbocycles. The van der Waals surface area contributed by atoms with Gasteiger partial charge in [-0.3, -0.25) is 4.79 Å². The number of morpholine rings is 1. The lowest BCUT2D eigenvalue weighted by atomic mass is 10.2. The summed E-state index contributed by atoms with van der Waals surface area (Å²) in [5.74, 6) is -0.290. The highest BCUT2D eigenvalue weighted by atomic mass is 32.2. The van der Waals surface area contributed by atoms with Gasteiger partial charge >= 0.3 is 0 Å². The number of amides is 1. The van der Waals surface area contributed by atoms with Crippen molar-refractivity contribution < 1.29 is 17.9 Å². The molecule has 0 radical (unpaired) electrons. The zero-order valence-electron chi connectivity index (χ0n) is 12.0. The Morgan fingerprint density at radius 1 is 1.43 bits per heavy atom. The number of hydrogen-bond donors (Lipinski definition) is 1. The molecular weight excluding hydrogens is 292 g/mol. The number of anilines is 1. The Balaban J connectivity index is 2.02. The largest absolute Gasteiger partial charge is 0.375 e. The first-order valence-corrected chi connectivity index (χ1v) is 8.33. The van der Waals surface area contributed by atoms with Crippen LogP contribution in [-0.2, 0) is 19.6 Å². The molecule has 2 unspecified atom stereocenters. The van der Waals surface area contributed by atoms with E-state index in [4.69, 9.17) is 4.74 Å². The van der Waals surface area contributed by atoms with E-state index in [-0.39, 0.29) is 22.9 Å². The second-order valence-corrected chi connectivity index (χ2v) is 7.46. The SMILES string of the molecule is CC(=O)Nc1ccc(C)cc1S(=O)(=O)N1CC2CC1CO2. The molecule has 2 saturated heterocycles. The standard InChI is InChI=1S/C14H18N2O4S/c1-9-3-4-13(15-10(2)17)14(5-9)21(18,19)16-7-12-6-11(16)8-20-12/h3-5,11-12H,6-8H2,1-2H3,(H,15,17). The molecule has 1 aromatic carbocycles. The van der Waals surface area contributed by atoms with Crippen LogP contribution in [-0.4, -0.2) is 43.9 Å². The maximum absolute atomic E-state index is 12.9. The van der Waals surface area contributed by atoms with Gasteiger partial charge in [0.15, 0.2) is 0 Å². The lowest BCUT2D eigenvalue weighted by Gasteiger charge is -2.27. The fraction of sp³-hybridized carbons (Fsp3) is 0.500. The Bertz CT molecular complexity index is 686. The van der Waals surface area contributed by atoms with Crippen molar-refractivity contribution in [1.82, 2.24) is 4.31 Å². The van der Waals surface area contributed by atoms with E-state index < -0.39 is 10.0 Å². The number of nitrogens with one attached hydrogen (secondary N) is 1. The summed E-state index contributed by atoms with van der Waals surface area (Å²) < 4.78 is 32.8. The first kappa shape index (κ1) is 14.5. The van der Waals surface area contributed by atoms with Crippen LogP contribution in [0, 0.1) is 6.92 Å². The molecule has 2 aliphatic rings. The molecule has 114 valence electrons. The normalized spacial score (nSPS) is 25.2. The van der Waals surface area contributed by atoms with Gasteiger partial charge in [-0.05, 0) is 31.0 Å². The number of carbonyl (C=O) groups excluding carboxylic acids is 1. The summed E-state index contributed by atoms with van der Waals surface area (Å²) in [4.78, 5) is 11.4. The minimum Gasteiger partial charge on any atom is -0.375 e. The third-order valence-corrected chi connectivity index (χ3v) is 5.84. The minimum atomic E-state index is -3.63. The summed E-state index contributed by atoms with van der Waals surface area (Å²) in [5.41, 5.74) is 1.17. The quantitative estimate of drug-likeness (QED) is 0.907. The smallest absolute Gasteiger partial charge is 0.245 e. The highest BCUT2D eigenvalue weighted by Crippen LogP contribution is 2.35. The number of hydrogen-bond acceptors (Lipinski definition) is 4. The lowest BCUT2D eigenvalue weighted by molar-refractivity contribution is -0.114. The molecule has 2 atom stereocenters. The number of carbonyl (C=O) groups is 1. The van der Waals surface area contributed by atoms with Crippen LogP contribution in [0.5, 0.6) is 0 Å². The lowest BCUT2D eigenvalue weighted by Crippen LogP contribution is -2.41. The number of rotatable bonds is 3. The highest BCUT2D eigenvalue weighted by Gasteiger charge is 2.46. The number of sulfonamides is 1. The predicted octanol–water partition coefficient (Wildman–Crippen LogP) is 1.12. The highest BCUT2D eigenvalue weighted by molar-refractivity contribution is 7.89. The topological polar surface area (TPSA) is 75.7 Å². The van der Waals surface area contributed by atoms with Crippen LogP contribution in [0.3, 0.4) is 0 Å². The van der Waals surface area contributed by atoms with Crippen LogP contribution < -0.4 is 5.32 Å². The summed E-state index contributed by atoms with van der Waals surface area (Å²) in [6.45, 7) is 4.03. The molecule has 1 N–H and O–H groups in total. The molecule has 0 aliphatic carbocycles. The molecule has 0 spiro atoms. The maximum Gasteiger partial charge on any atom is 0.245 e. The van der Waals surface area contributed by atoms with Crippen LogP contribution in [0.4, 0.5) is 5.69 Å². The first-order valence-electron chi connectivity index (χ1n) is 6.89. The molecule has 1 aromatic rings. The van der Waals surface area contributed by atoms with Gasteiger partial charge in [0.2, 0.25) is 15.9 Å². The van der Waals surface area contributed by atoms with Gasteiger partial charge in [-0.1, -0.05) is 6.07 Å². The van der Waals surface area contributed by atoms with Gasteiger partial charge < -0.3 is 10.1 Å². The van der Waals surface area contributed by atoms with Gasteiger partial charge in [0.1, 0.15) is 4.90 Å². The van der Waals surface area contributed by atoms with Crippen LogP contribution in [0.1, 0.15) is 18.9 Å². The van der Waals surface area contributed by atoms with Crippen molar-refractivity contribution in [2.45, 2.75) is 37.3 Å². The zero-order chi connectivity index (χ0) is 15.2. The zero-order valence-corrected chi connectivity index (χ0v) is 12.8. The summed E-state index contributed by atoms with van der Waals surface area (Å²) in [5, 5.41) is 2.60. The molecule has 7 heteroatoms. The Kier molecular flexibility index (Phi) is 3.51. The van der Waals surface area contributed by atoms with Crippen molar-refractivity contribution in [3.8, 4) is 0 Å². The van der Waals surface area contributed by atoms with Gasteiger partial charge in [-0.15, -0.1) is 0 Å². The van der Waals surface area contributed by atoms with E-state index in [1.165, 1.54) is 11.2 Å². The van der Waals surface area contributed by atoms with Gasteiger partial charge in [0.25, 0.3) is 0 Å². The second kappa shape index (κ2) is 5.08. The Morgan fingerprint density at radius 3 is 2.76 bits per heavy atom. The molecule has 0 aromatic heterocycles. The van der Waals surface area contributed by atoms with Gasteiger partial charge in [0, 0.05) is 13.5 Å². The Labute approximate surface area is 124 Å². The maximum atomic E-state index is 12.9. The fourth-order valence-corrected chi connectivity index (χ4v) is 4.81. The minimum absolute atomic E-state index is 0.00111. The van der Waals surface area contributed by atoms with Crippen LogP contribution in [0.15, 0.2) is 23.1 Å². The van der Waals surface area contributed by atoms with E-state index in [1.807, 2.05) is 6.92 Å². The number of nitrogens with zero attached hydrogens (tertiary/aromatic N) is 1. The van der Waals surface area contributed by atoms with Crippen LogP contribution in [0.25, 0.3) is 0 Å². The molecule has 2 heterocycles. The number of benzene rings is 1. The molecular formula is C14H18N2O4S. The molecule has 3 rings (SSSR count). The van der Waals surface area contributed by atoms with E-state index in [1.54, 1.807) is 18.2 Å². The van der Waals surface area contributed by atoms with Crippen LogP contribution in [0.2, 0.25) is 0 Å². The van der Waals surface area contributed by atoms with Crippen molar-refractivity contribution in [1.29, 1.82) is 0 Å². The third-order valence-electron chi connectivity index (χ3n) is 3.88. The molecule has 2 bridgehead atoms. The summed E-state index contributed by atoms with van der Waals surface area (Å²) >= 11 is 0. The van der Waals surface area contributed by atoms with Crippen molar-refractivity contribution in [2.75, 3.05) is 18.5 Å². The van der Waals surface area contributed by atoms with E-state index in [0.717, 1.165) is 12.0 Å². The van der Waals surface area contributed by atoms with Crippen molar-refractivity contribution in [2.24, 2.45) is 0 Å². The molecule has 2 aliphatic heterocycles. The Hall–Kier alpha value is -1.44.